The standard InChI is InChI=1S/C31H43BN2O7/c1-29(2,3)39-27(35)33-18-17-25-20-37-21-26(34(25)28(36)38-19-22-11-9-8-10-12-22)23-13-15-24(16-14-23)32-40-30(4,5)31(6,7)41-32/h8-16,25-26H,17-21H2,1-7H3,(H,33,35)/t25-,26-/m0/s1. The van der Waals surface area contributed by atoms with Crippen molar-refractivity contribution in [2.24, 2.45) is 0 Å². The molecule has 41 heavy (non-hydrogen) atoms. The van der Waals surface area contributed by atoms with Gasteiger partial charge in [0, 0.05) is 6.54 Å². The minimum Gasteiger partial charge on any atom is -0.445 e. The number of alkyl carbamates (subject to hydrolysis) is 1. The number of carbonyl (C=O) groups excluding carboxylic acids is 2. The molecule has 2 heterocycles. The average Bonchev–Trinajstić information content (AvgIpc) is 3.13. The van der Waals surface area contributed by atoms with Gasteiger partial charge in [0.05, 0.1) is 36.5 Å². The molecule has 222 valence electrons. The number of ether oxygens (including phenoxy) is 3. The van der Waals surface area contributed by atoms with E-state index in [-0.39, 0.29) is 18.7 Å². The number of benzene rings is 2. The second-order valence-corrected chi connectivity index (χ2v) is 12.6. The van der Waals surface area contributed by atoms with Crippen LogP contribution in [-0.2, 0) is 30.1 Å². The van der Waals surface area contributed by atoms with Crippen molar-refractivity contribution in [2.75, 3.05) is 19.8 Å². The fraction of sp³-hybridized carbons (Fsp3) is 0.548. The van der Waals surface area contributed by atoms with E-state index in [2.05, 4.69) is 5.32 Å². The lowest BCUT2D eigenvalue weighted by atomic mass is 9.78. The van der Waals surface area contributed by atoms with E-state index in [0.29, 0.717) is 26.2 Å². The normalized spacial score (nSPS) is 21.8. The number of rotatable bonds is 7. The van der Waals surface area contributed by atoms with Crippen LogP contribution in [0.15, 0.2) is 54.6 Å². The zero-order valence-electron chi connectivity index (χ0n) is 25.3. The lowest BCUT2D eigenvalue weighted by molar-refractivity contribution is -0.0490. The van der Waals surface area contributed by atoms with Crippen LogP contribution in [0.4, 0.5) is 9.59 Å². The third kappa shape index (κ3) is 7.81. The molecule has 2 fully saturated rings. The molecule has 10 heteroatoms. The van der Waals surface area contributed by atoms with Gasteiger partial charge in [0.15, 0.2) is 0 Å². The first-order chi connectivity index (χ1) is 19.3. The van der Waals surface area contributed by atoms with E-state index >= 15 is 0 Å². The fourth-order valence-corrected chi connectivity index (χ4v) is 4.79. The second kappa shape index (κ2) is 12.4. The van der Waals surface area contributed by atoms with Crippen molar-refractivity contribution in [3.8, 4) is 0 Å². The van der Waals surface area contributed by atoms with E-state index in [0.717, 1.165) is 16.6 Å². The predicted octanol–water partition coefficient (Wildman–Crippen LogP) is 4.98. The highest BCUT2D eigenvalue weighted by Crippen LogP contribution is 2.37. The van der Waals surface area contributed by atoms with Gasteiger partial charge in [0.25, 0.3) is 0 Å². The topological polar surface area (TPSA) is 95.6 Å². The van der Waals surface area contributed by atoms with E-state index in [9.17, 15) is 9.59 Å². The van der Waals surface area contributed by atoms with Crippen LogP contribution in [0.5, 0.6) is 0 Å². The molecule has 0 spiro atoms. The maximum absolute atomic E-state index is 13.6. The molecule has 2 atom stereocenters. The Labute approximate surface area is 244 Å². The molecule has 0 aromatic heterocycles. The highest BCUT2D eigenvalue weighted by molar-refractivity contribution is 6.62. The summed E-state index contributed by atoms with van der Waals surface area (Å²) in [6, 6.07) is 16.8. The largest absolute Gasteiger partial charge is 0.494 e. The van der Waals surface area contributed by atoms with Gasteiger partial charge in [-0.15, -0.1) is 0 Å². The van der Waals surface area contributed by atoms with Crippen molar-refractivity contribution < 1.29 is 33.1 Å². The molecular formula is C31H43BN2O7. The summed E-state index contributed by atoms with van der Waals surface area (Å²) in [6.07, 6.45) is -0.455. The van der Waals surface area contributed by atoms with Gasteiger partial charge in [-0.2, -0.15) is 0 Å². The Morgan fingerprint density at radius 1 is 0.976 bits per heavy atom. The lowest BCUT2D eigenvalue weighted by Crippen LogP contribution is -2.51. The molecule has 4 rings (SSSR count). The van der Waals surface area contributed by atoms with Crippen LogP contribution < -0.4 is 10.8 Å². The summed E-state index contributed by atoms with van der Waals surface area (Å²) in [5, 5.41) is 2.79. The molecule has 2 saturated heterocycles. The highest BCUT2D eigenvalue weighted by atomic mass is 16.7. The maximum Gasteiger partial charge on any atom is 0.494 e. The van der Waals surface area contributed by atoms with Gasteiger partial charge in [0.1, 0.15) is 12.2 Å². The van der Waals surface area contributed by atoms with Crippen molar-refractivity contribution in [3.05, 3.63) is 65.7 Å². The van der Waals surface area contributed by atoms with Crippen molar-refractivity contribution >= 4 is 24.8 Å². The number of morpholine rings is 1. The summed E-state index contributed by atoms with van der Waals surface area (Å²) in [5.41, 5.74) is 1.25. The zero-order valence-corrected chi connectivity index (χ0v) is 25.3. The van der Waals surface area contributed by atoms with E-state index in [1.807, 2.05) is 103 Å². The maximum atomic E-state index is 13.6. The van der Waals surface area contributed by atoms with Crippen LogP contribution >= 0.6 is 0 Å². The molecule has 2 aromatic rings. The first kappa shape index (κ1) is 30.9. The van der Waals surface area contributed by atoms with Crippen LogP contribution in [-0.4, -0.2) is 66.8 Å². The average molecular weight is 567 g/mol. The monoisotopic (exact) mass is 566 g/mol. The minimum absolute atomic E-state index is 0.160. The Morgan fingerprint density at radius 3 is 2.22 bits per heavy atom. The number of nitrogens with zero attached hydrogens (tertiary/aromatic N) is 1. The van der Waals surface area contributed by atoms with E-state index in [1.54, 1.807) is 4.90 Å². The summed E-state index contributed by atoms with van der Waals surface area (Å²) >= 11 is 0. The molecule has 0 saturated carbocycles. The van der Waals surface area contributed by atoms with Crippen LogP contribution in [0.3, 0.4) is 0 Å². The van der Waals surface area contributed by atoms with E-state index in [4.69, 9.17) is 23.5 Å². The first-order valence-electron chi connectivity index (χ1n) is 14.2. The van der Waals surface area contributed by atoms with Gasteiger partial charge >= 0.3 is 19.3 Å². The molecule has 0 radical (unpaired) electrons. The van der Waals surface area contributed by atoms with E-state index < -0.39 is 36.1 Å². The number of hydrogen-bond acceptors (Lipinski definition) is 7. The summed E-state index contributed by atoms with van der Waals surface area (Å²) in [4.78, 5) is 27.5. The van der Waals surface area contributed by atoms with Gasteiger partial charge in [0.2, 0.25) is 0 Å². The van der Waals surface area contributed by atoms with Crippen molar-refractivity contribution in [1.82, 2.24) is 10.2 Å². The summed E-state index contributed by atoms with van der Waals surface area (Å²) in [7, 11) is -0.477. The van der Waals surface area contributed by atoms with Gasteiger partial charge in [-0.05, 0) is 71.5 Å². The number of nitrogens with one attached hydrogen (secondary N) is 1. The minimum atomic E-state index is -0.595. The molecule has 0 unspecified atom stereocenters. The predicted molar refractivity (Wildman–Crippen MR) is 157 cm³/mol. The molecule has 9 nitrogen and oxygen atoms in total. The molecule has 0 bridgehead atoms. The van der Waals surface area contributed by atoms with Gasteiger partial charge in [-0.3, -0.25) is 4.90 Å². The SMILES string of the molecule is CC(C)(C)OC(=O)NCC[C@H]1COC[C@@H](c2ccc(B3OC(C)(C)C(C)(C)O3)cc2)N1C(=O)OCc1ccccc1. The Hall–Kier alpha value is -3.08. The van der Waals surface area contributed by atoms with Crippen molar-refractivity contribution in [1.29, 1.82) is 0 Å². The molecule has 1 N–H and O–H groups in total. The lowest BCUT2D eigenvalue weighted by Gasteiger charge is -2.41. The second-order valence-electron chi connectivity index (χ2n) is 12.6. The molecular weight excluding hydrogens is 523 g/mol. The zero-order chi connectivity index (χ0) is 29.8. The molecule has 2 aliphatic heterocycles. The molecule has 2 aromatic carbocycles. The third-order valence-corrected chi connectivity index (χ3v) is 7.72. The van der Waals surface area contributed by atoms with Gasteiger partial charge in [-0.1, -0.05) is 54.6 Å². The Kier molecular flexibility index (Phi) is 9.36. The summed E-state index contributed by atoms with van der Waals surface area (Å²) in [5.74, 6) is 0. The quantitative estimate of drug-likeness (QED) is 0.473. The van der Waals surface area contributed by atoms with Crippen LogP contribution in [0.25, 0.3) is 0 Å². The van der Waals surface area contributed by atoms with E-state index in [1.165, 1.54) is 0 Å². The highest BCUT2D eigenvalue weighted by Gasteiger charge is 2.51. The van der Waals surface area contributed by atoms with Gasteiger partial charge in [-0.25, -0.2) is 9.59 Å². The summed E-state index contributed by atoms with van der Waals surface area (Å²) in [6.45, 7) is 14.7. The Balaban J connectivity index is 1.49. The van der Waals surface area contributed by atoms with Crippen molar-refractivity contribution in [2.45, 2.75) is 90.4 Å². The smallest absolute Gasteiger partial charge is 0.445 e. The van der Waals surface area contributed by atoms with Crippen LogP contribution in [0.2, 0.25) is 0 Å². The number of carbonyl (C=O) groups is 2. The first-order valence-corrected chi connectivity index (χ1v) is 14.2. The summed E-state index contributed by atoms with van der Waals surface area (Å²) < 4.78 is 29.5. The van der Waals surface area contributed by atoms with Gasteiger partial charge < -0.3 is 28.8 Å². The number of amides is 2. The Morgan fingerprint density at radius 2 is 1.61 bits per heavy atom. The van der Waals surface area contributed by atoms with Crippen molar-refractivity contribution in [3.63, 3.8) is 0 Å². The molecule has 2 amide bonds. The van der Waals surface area contributed by atoms with Crippen LogP contribution in [0.1, 0.15) is 72.1 Å². The fourth-order valence-electron chi connectivity index (χ4n) is 4.79. The third-order valence-electron chi connectivity index (χ3n) is 7.72. The Bertz CT molecular complexity index is 1170. The van der Waals surface area contributed by atoms with Crippen LogP contribution in [0, 0.1) is 0 Å². The number of hydrogen-bond donors (Lipinski definition) is 1. The molecule has 0 aliphatic carbocycles. The molecule has 2 aliphatic rings.